The Bertz CT molecular complexity index is 152. The third-order valence-corrected chi connectivity index (χ3v) is 1.52. The molecule has 3 heteroatoms. The zero-order valence-corrected chi connectivity index (χ0v) is 6.84. The number of primary amides is 1. The van der Waals surface area contributed by atoms with Crippen LogP contribution in [-0.4, -0.2) is 11.0 Å². The molecule has 0 saturated carbocycles. The molecule has 0 aromatic carbocycles. The summed E-state index contributed by atoms with van der Waals surface area (Å²) in [6, 6.07) is 0. The molecule has 0 fully saturated rings. The van der Waals surface area contributed by atoms with E-state index in [1.807, 2.05) is 0 Å². The maximum atomic E-state index is 10.5. The van der Waals surface area contributed by atoms with E-state index in [2.05, 4.69) is 6.92 Å². The van der Waals surface area contributed by atoms with E-state index in [4.69, 9.17) is 10.8 Å². The Kier molecular flexibility index (Phi) is 5.25. The first-order chi connectivity index (χ1) is 5.22. The van der Waals surface area contributed by atoms with E-state index >= 15 is 0 Å². The zero-order chi connectivity index (χ0) is 8.69. The number of rotatable bonds is 5. The van der Waals surface area contributed by atoms with Crippen molar-refractivity contribution < 1.29 is 9.90 Å². The Balaban J connectivity index is 3.63. The van der Waals surface area contributed by atoms with Crippen LogP contribution in [0.15, 0.2) is 11.8 Å². The van der Waals surface area contributed by atoms with Crippen LogP contribution in [0.2, 0.25) is 0 Å². The minimum absolute atomic E-state index is 0.318. The summed E-state index contributed by atoms with van der Waals surface area (Å²) in [5.74, 6) is -0.524. The molecule has 0 heterocycles. The molecule has 0 aromatic rings. The fourth-order valence-electron chi connectivity index (χ4n) is 0.817. The summed E-state index contributed by atoms with van der Waals surface area (Å²) in [4.78, 5) is 10.5. The summed E-state index contributed by atoms with van der Waals surface area (Å²) >= 11 is 0. The number of aliphatic hydroxyl groups is 1. The van der Waals surface area contributed by atoms with Crippen molar-refractivity contribution in [1.29, 1.82) is 0 Å². The average molecular weight is 157 g/mol. The Morgan fingerprint density at radius 1 is 1.55 bits per heavy atom. The molecule has 0 rings (SSSR count). The molecule has 0 aliphatic rings. The lowest BCUT2D eigenvalue weighted by molar-refractivity contribution is -0.114. The second-order valence-electron chi connectivity index (χ2n) is 2.48. The third kappa shape index (κ3) is 4.42. The minimum Gasteiger partial charge on any atom is -0.515 e. The molecule has 1 amide bonds. The van der Waals surface area contributed by atoms with Gasteiger partial charge >= 0.3 is 0 Å². The predicted octanol–water partition coefficient (Wildman–Crippen LogP) is 1.49. The molecular weight excluding hydrogens is 142 g/mol. The van der Waals surface area contributed by atoms with E-state index in [1.165, 1.54) is 0 Å². The second kappa shape index (κ2) is 5.77. The van der Waals surface area contributed by atoms with Gasteiger partial charge in [0.25, 0.3) is 0 Å². The fourth-order valence-corrected chi connectivity index (χ4v) is 0.817. The topological polar surface area (TPSA) is 63.3 Å². The van der Waals surface area contributed by atoms with Crippen LogP contribution in [0.25, 0.3) is 0 Å². The van der Waals surface area contributed by atoms with Gasteiger partial charge in [-0.1, -0.05) is 19.8 Å². The van der Waals surface area contributed by atoms with E-state index < -0.39 is 5.91 Å². The summed E-state index contributed by atoms with van der Waals surface area (Å²) in [5, 5.41) is 8.53. The standard InChI is InChI=1S/C8H15NO2/c1-2-3-4-5-7(6-10)8(9)11/h6,10H,2-5H2,1H3,(H2,9,11). The smallest absolute Gasteiger partial charge is 0.247 e. The van der Waals surface area contributed by atoms with E-state index in [9.17, 15) is 4.79 Å². The summed E-state index contributed by atoms with van der Waals surface area (Å²) in [6.45, 7) is 2.08. The van der Waals surface area contributed by atoms with Gasteiger partial charge in [-0.2, -0.15) is 0 Å². The Labute approximate surface area is 66.9 Å². The fraction of sp³-hybridized carbons (Fsp3) is 0.625. The SMILES string of the molecule is CCCCCC(=CO)C(N)=O. The summed E-state index contributed by atoms with van der Waals surface area (Å²) in [5.41, 5.74) is 5.28. The summed E-state index contributed by atoms with van der Waals surface area (Å²) < 4.78 is 0. The molecule has 3 N–H and O–H groups in total. The number of amides is 1. The number of carbonyl (C=O) groups excluding carboxylic acids is 1. The van der Waals surface area contributed by atoms with Crippen LogP contribution in [0.4, 0.5) is 0 Å². The van der Waals surface area contributed by atoms with Gasteiger partial charge in [-0.15, -0.1) is 0 Å². The van der Waals surface area contributed by atoms with Crippen molar-refractivity contribution in [2.45, 2.75) is 32.6 Å². The number of carbonyl (C=O) groups is 1. The normalized spacial score (nSPS) is 11.5. The molecule has 0 radical (unpaired) electrons. The quantitative estimate of drug-likeness (QED) is 0.361. The molecule has 3 nitrogen and oxygen atoms in total. The van der Waals surface area contributed by atoms with Crippen molar-refractivity contribution in [3.63, 3.8) is 0 Å². The van der Waals surface area contributed by atoms with Crippen molar-refractivity contribution >= 4 is 5.91 Å². The lowest BCUT2D eigenvalue weighted by Crippen LogP contribution is -2.13. The summed E-state index contributed by atoms with van der Waals surface area (Å²) in [7, 11) is 0. The van der Waals surface area contributed by atoms with E-state index in [-0.39, 0.29) is 0 Å². The Hall–Kier alpha value is -0.990. The minimum atomic E-state index is -0.524. The Morgan fingerprint density at radius 3 is 2.55 bits per heavy atom. The van der Waals surface area contributed by atoms with Crippen LogP contribution in [0.3, 0.4) is 0 Å². The van der Waals surface area contributed by atoms with Gasteiger partial charge in [-0.25, -0.2) is 0 Å². The first-order valence-corrected chi connectivity index (χ1v) is 3.85. The molecule has 0 spiro atoms. The van der Waals surface area contributed by atoms with Crippen molar-refractivity contribution in [1.82, 2.24) is 0 Å². The molecule has 11 heavy (non-hydrogen) atoms. The van der Waals surface area contributed by atoms with Gasteiger partial charge in [0.05, 0.1) is 11.8 Å². The Morgan fingerprint density at radius 2 is 2.18 bits per heavy atom. The molecule has 0 aliphatic heterocycles. The molecule has 0 aliphatic carbocycles. The number of nitrogens with two attached hydrogens (primary N) is 1. The molecule has 0 atom stereocenters. The summed E-state index contributed by atoms with van der Waals surface area (Å²) in [6.07, 6.45) is 4.45. The maximum Gasteiger partial charge on any atom is 0.247 e. The molecule has 0 saturated heterocycles. The maximum absolute atomic E-state index is 10.5. The van der Waals surface area contributed by atoms with E-state index in [0.29, 0.717) is 12.0 Å². The molecule has 0 aromatic heterocycles. The van der Waals surface area contributed by atoms with Gasteiger partial charge in [0.1, 0.15) is 0 Å². The number of unbranched alkanes of at least 4 members (excludes halogenated alkanes) is 2. The average Bonchev–Trinajstić information content (AvgIpc) is 1.97. The van der Waals surface area contributed by atoms with Crippen LogP contribution in [0.5, 0.6) is 0 Å². The largest absolute Gasteiger partial charge is 0.515 e. The van der Waals surface area contributed by atoms with Crippen molar-refractivity contribution in [2.75, 3.05) is 0 Å². The molecule has 64 valence electrons. The highest BCUT2D eigenvalue weighted by Gasteiger charge is 2.02. The number of hydrogen-bond donors (Lipinski definition) is 2. The van der Waals surface area contributed by atoms with Crippen molar-refractivity contribution in [3.05, 3.63) is 11.8 Å². The first kappa shape index (κ1) is 10.0. The van der Waals surface area contributed by atoms with Gasteiger partial charge < -0.3 is 10.8 Å². The van der Waals surface area contributed by atoms with Crippen LogP contribution in [0.1, 0.15) is 32.6 Å². The predicted molar refractivity (Wildman–Crippen MR) is 44.0 cm³/mol. The first-order valence-electron chi connectivity index (χ1n) is 3.85. The number of aliphatic hydroxyl groups excluding tert-OH is 1. The van der Waals surface area contributed by atoms with E-state index in [0.717, 1.165) is 25.5 Å². The third-order valence-electron chi connectivity index (χ3n) is 1.52. The van der Waals surface area contributed by atoms with Crippen LogP contribution < -0.4 is 5.73 Å². The highest BCUT2D eigenvalue weighted by molar-refractivity contribution is 5.91. The van der Waals surface area contributed by atoms with E-state index in [1.54, 1.807) is 0 Å². The highest BCUT2D eigenvalue weighted by Crippen LogP contribution is 2.07. The van der Waals surface area contributed by atoms with Crippen LogP contribution >= 0.6 is 0 Å². The van der Waals surface area contributed by atoms with Crippen LogP contribution in [0, 0.1) is 0 Å². The van der Waals surface area contributed by atoms with Gasteiger partial charge in [0, 0.05) is 0 Å². The number of hydrogen-bond acceptors (Lipinski definition) is 2. The van der Waals surface area contributed by atoms with Crippen LogP contribution in [-0.2, 0) is 4.79 Å². The van der Waals surface area contributed by atoms with Gasteiger partial charge in [0.15, 0.2) is 0 Å². The van der Waals surface area contributed by atoms with Gasteiger partial charge in [-0.05, 0) is 12.8 Å². The lowest BCUT2D eigenvalue weighted by atomic mass is 10.1. The van der Waals surface area contributed by atoms with Gasteiger partial charge in [0.2, 0.25) is 5.91 Å². The monoisotopic (exact) mass is 157 g/mol. The van der Waals surface area contributed by atoms with Crippen molar-refractivity contribution in [2.24, 2.45) is 5.73 Å². The van der Waals surface area contributed by atoms with Crippen molar-refractivity contribution in [3.8, 4) is 0 Å². The second-order valence-corrected chi connectivity index (χ2v) is 2.48. The zero-order valence-electron chi connectivity index (χ0n) is 6.84. The lowest BCUT2D eigenvalue weighted by Gasteiger charge is -1.99. The molecule has 0 bridgehead atoms. The molecular formula is C8H15NO2. The molecule has 0 unspecified atom stereocenters. The highest BCUT2D eigenvalue weighted by atomic mass is 16.2. The van der Waals surface area contributed by atoms with Gasteiger partial charge in [-0.3, -0.25) is 4.79 Å².